The van der Waals surface area contributed by atoms with Gasteiger partial charge in [0.05, 0.1) is 18.7 Å². The molecule has 0 radical (unpaired) electrons. The highest BCUT2D eigenvalue weighted by Crippen LogP contribution is 2.46. The van der Waals surface area contributed by atoms with Gasteiger partial charge in [-0.25, -0.2) is 9.18 Å². The molecule has 0 spiro atoms. The van der Waals surface area contributed by atoms with Gasteiger partial charge in [-0.1, -0.05) is 57.8 Å². The molecule has 3 N–H and O–H groups in total. The van der Waals surface area contributed by atoms with Crippen molar-refractivity contribution in [2.45, 2.75) is 89.9 Å². The van der Waals surface area contributed by atoms with Gasteiger partial charge in [-0.2, -0.15) is 13.2 Å². The molecule has 15 heteroatoms. The lowest BCUT2D eigenvalue weighted by molar-refractivity contribution is -0.141. The van der Waals surface area contributed by atoms with Gasteiger partial charge < -0.3 is 25.6 Å². The van der Waals surface area contributed by atoms with Crippen LogP contribution in [0.4, 0.5) is 28.0 Å². The summed E-state index contributed by atoms with van der Waals surface area (Å²) in [5.74, 6) is -3.23. The maximum Gasteiger partial charge on any atom is 0.419 e. The summed E-state index contributed by atoms with van der Waals surface area (Å²) in [4.78, 5) is 57.2. The van der Waals surface area contributed by atoms with E-state index in [1.165, 1.54) is 16.8 Å². The third-order valence-electron chi connectivity index (χ3n) is 9.57. The number of ether oxygens (including phenoxy) is 1. The van der Waals surface area contributed by atoms with Gasteiger partial charge in [0.1, 0.15) is 29.5 Å². The van der Waals surface area contributed by atoms with Crippen molar-refractivity contribution in [1.29, 1.82) is 0 Å². The number of halogens is 5. The third-order valence-corrected chi connectivity index (χ3v) is 9.93. The van der Waals surface area contributed by atoms with Crippen LogP contribution in [0.15, 0.2) is 36.4 Å². The second-order valence-electron chi connectivity index (χ2n) is 14.0. The van der Waals surface area contributed by atoms with Crippen molar-refractivity contribution in [3.8, 4) is 0 Å². The average molecular weight is 710 g/mol. The van der Waals surface area contributed by atoms with Crippen LogP contribution >= 0.6 is 11.6 Å². The number of carbonyl (C=O) groups excluding carboxylic acids is 4. The summed E-state index contributed by atoms with van der Waals surface area (Å²) in [6.45, 7) is 7.23. The summed E-state index contributed by atoms with van der Waals surface area (Å²) in [5.41, 5.74) is -2.07. The Labute approximate surface area is 286 Å². The lowest BCUT2D eigenvalue weighted by Crippen LogP contribution is -2.58. The molecule has 2 aromatic carbocycles. The van der Waals surface area contributed by atoms with Crippen LogP contribution < -0.4 is 16.0 Å². The molecule has 3 aliphatic rings. The molecular weight excluding hydrogens is 670 g/mol. The summed E-state index contributed by atoms with van der Waals surface area (Å²) in [6.07, 6.45) is -5.62. The molecule has 5 atom stereocenters. The van der Waals surface area contributed by atoms with Crippen molar-refractivity contribution < 1.29 is 41.5 Å². The number of fused-ring (bicyclic) bond motifs is 1. The molecule has 266 valence electrons. The van der Waals surface area contributed by atoms with E-state index in [4.69, 9.17) is 16.3 Å². The topological polar surface area (TPSA) is 120 Å². The van der Waals surface area contributed by atoms with E-state index in [1.54, 1.807) is 32.9 Å². The largest absolute Gasteiger partial charge is 0.444 e. The third kappa shape index (κ3) is 7.29. The molecule has 2 aromatic rings. The molecule has 0 bridgehead atoms. The zero-order valence-corrected chi connectivity index (χ0v) is 28.6. The van der Waals surface area contributed by atoms with E-state index in [-0.39, 0.29) is 43.6 Å². The van der Waals surface area contributed by atoms with E-state index in [1.807, 2.05) is 13.0 Å². The van der Waals surface area contributed by atoms with E-state index in [2.05, 4.69) is 16.0 Å². The predicted octanol–water partition coefficient (Wildman–Crippen LogP) is 5.48. The molecule has 3 unspecified atom stereocenters. The van der Waals surface area contributed by atoms with Gasteiger partial charge in [-0.15, -0.1) is 0 Å². The molecular formula is C34H40ClF4N5O5. The smallest absolute Gasteiger partial charge is 0.419 e. The Hall–Kier alpha value is -4.07. The van der Waals surface area contributed by atoms with Gasteiger partial charge in [-0.05, 0) is 53.1 Å². The minimum Gasteiger partial charge on any atom is -0.444 e. The Kier molecular flexibility index (Phi) is 9.85. The van der Waals surface area contributed by atoms with Gasteiger partial charge in [0.25, 0.3) is 0 Å². The maximum absolute atomic E-state index is 14.4. The number of likely N-dealkylation sites (tertiary alicyclic amines) is 1. The van der Waals surface area contributed by atoms with Crippen molar-refractivity contribution in [1.82, 2.24) is 20.4 Å². The van der Waals surface area contributed by atoms with Crippen LogP contribution in [0.25, 0.3) is 0 Å². The fourth-order valence-corrected chi connectivity index (χ4v) is 7.01. The Balaban J connectivity index is 1.41. The number of amides is 4. The van der Waals surface area contributed by atoms with Gasteiger partial charge >= 0.3 is 12.3 Å². The van der Waals surface area contributed by atoms with E-state index in [9.17, 15) is 36.7 Å². The summed E-state index contributed by atoms with van der Waals surface area (Å²) in [7, 11) is 1.46. The number of hydrogen-bond acceptors (Lipinski definition) is 6. The Bertz CT molecular complexity index is 1650. The molecule has 0 aromatic heterocycles. The second-order valence-corrected chi connectivity index (χ2v) is 14.4. The van der Waals surface area contributed by atoms with Crippen molar-refractivity contribution in [3.63, 3.8) is 0 Å². The van der Waals surface area contributed by atoms with E-state index < -0.39 is 64.6 Å². The van der Waals surface area contributed by atoms with Crippen LogP contribution in [-0.2, 0) is 38.4 Å². The maximum atomic E-state index is 14.4. The molecule has 5 rings (SSSR count). The minimum absolute atomic E-state index is 0.0862. The fraction of sp³-hybridized carbons (Fsp3) is 0.529. The first-order chi connectivity index (χ1) is 22.9. The lowest BCUT2D eigenvalue weighted by atomic mass is 9.85. The zero-order valence-electron chi connectivity index (χ0n) is 27.8. The highest BCUT2D eigenvalue weighted by atomic mass is 35.5. The molecule has 2 fully saturated rings. The van der Waals surface area contributed by atoms with Crippen molar-refractivity contribution in [2.24, 2.45) is 11.3 Å². The van der Waals surface area contributed by atoms with Crippen LogP contribution in [0.5, 0.6) is 0 Å². The molecule has 49 heavy (non-hydrogen) atoms. The number of anilines is 1. The quantitative estimate of drug-likeness (QED) is 0.313. The van der Waals surface area contributed by atoms with Gasteiger partial charge in [0.2, 0.25) is 17.7 Å². The standard InChI is InChI=1S/C34H40ClF4N5O5/c1-6-19-14-33(19,30(47)40-5)42-28(45)26-13-21(49-31(48)43-15-18-8-7-9-24(35)22(18)17-43)16-44(26)29(46)27(32(2,3)4)41-20-10-11-25(36)23(12-20)34(37,38)39/h7-12,19,21,26-27,41H,6,13-17H2,1-5H3,(H,40,47)(H,42,45)/t19?,21-,26?,27-,33?/m1/s1. The predicted molar refractivity (Wildman–Crippen MR) is 173 cm³/mol. The molecule has 1 aliphatic carbocycles. The van der Waals surface area contributed by atoms with E-state index >= 15 is 0 Å². The average Bonchev–Trinajstić information content (AvgIpc) is 3.32. The number of hydrogen-bond donors (Lipinski definition) is 3. The van der Waals surface area contributed by atoms with E-state index in [0.717, 1.165) is 17.2 Å². The highest BCUT2D eigenvalue weighted by molar-refractivity contribution is 6.31. The van der Waals surface area contributed by atoms with Crippen LogP contribution in [0.1, 0.15) is 63.6 Å². The summed E-state index contributed by atoms with van der Waals surface area (Å²) in [5, 5.41) is 8.79. The molecule has 2 aliphatic heterocycles. The zero-order chi connectivity index (χ0) is 36.1. The number of nitrogens with one attached hydrogen (secondary N) is 3. The number of likely N-dealkylation sites (N-methyl/N-ethyl adjacent to an activating group) is 1. The van der Waals surface area contributed by atoms with Crippen molar-refractivity contribution in [2.75, 3.05) is 18.9 Å². The molecule has 2 heterocycles. The van der Waals surface area contributed by atoms with Crippen LogP contribution in [-0.4, -0.2) is 70.9 Å². The second kappa shape index (κ2) is 13.3. The first-order valence-electron chi connectivity index (χ1n) is 16.1. The minimum atomic E-state index is -4.97. The van der Waals surface area contributed by atoms with Crippen molar-refractivity contribution in [3.05, 3.63) is 63.9 Å². The first-order valence-corrected chi connectivity index (χ1v) is 16.5. The van der Waals surface area contributed by atoms with Gasteiger partial charge in [0.15, 0.2) is 0 Å². The summed E-state index contributed by atoms with van der Waals surface area (Å²) >= 11 is 6.32. The Morgan fingerprint density at radius 1 is 1.10 bits per heavy atom. The molecule has 4 amide bonds. The van der Waals surface area contributed by atoms with Gasteiger partial charge in [0, 0.05) is 30.7 Å². The molecule has 1 saturated heterocycles. The summed E-state index contributed by atoms with van der Waals surface area (Å²) in [6, 6.07) is 5.34. The first kappa shape index (κ1) is 36.2. The molecule has 10 nitrogen and oxygen atoms in total. The number of nitrogens with zero attached hydrogens (tertiary/aromatic N) is 2. The monoisotopic (exact) mass is 709 g/mol. The summed E-state index contributed by atoms with van der Waals surface area (Å²) < 4.78 is 60.4. The number of alkyl halides is 3. The van der Waals surface area contributed by atoms with Crippen LogP contribution in [0.2, 0.25) is 5.02 Å². The van der Waals surface area contributed by atoms with Gasteiger partial charge in [-0.3, -0.25) is 19.3 Å². The van der Waals surface area contributed by atoms with E-state index in [0.29, 0.717) is 30.0 Å². The highest BCUT2D eigenvalue weighted by Gasteiger charge is 2.61. The number of rotatable bonds is 8. The Morgan fingerprint density at radius 2 is 1.82 bits per heavy atom. The lowest BCUT2D eigenvalue weighted by Gasteiger charge is -2.36. The fourth-order valence-electron chi connectivity index (χ4n) is 6.75. The van der Waals surface area contributed by atoms with Crippen molar-refractivity contribution >= 4 is 41.1 Å². The SMILES string of the molecule is CCC1CC1(NC(=O)C1C[C@@H](OC(=O)N2Cc3cccc(Cl)c3C2)CN1C(=O)[C@@H](Nc1ccc(F)c(C(F)(F)F)c1)C(C)(C)C)C(=O)NC. The normalized spacial score (nSPS) is 23.8. The van der Waals surface area contributed by atoms with Crippen LogP contribution in [0, 0.1) is 17.2 Å². The Morgan fingerprint density at radius 3 is 2.41 bits per heavy atom. The molecule has 1 saturated carbocycles. The number of benzene rings is 2. The van der Waals surface area contributed by atoms with Crippen LogP contribution in [0.3, 0.4) is 0 Å². The number of carbonyl (C=O) groups is 4.